The number of aromatic amines is 1. The summed E-state index contributed by atoms with van der Waals surface area (Å²) >= 11 is 1.03. The summed E-state index contributed by atoms with van der Waals surface area (Å²) in [6, 6.07) is 1.74. The molecule has 2 aromatic heterocycles. The Bertz CT molecular complexity index is 756. The molecule has 0 saturated heterocycles. The van der Waals surface area contributed by atoms with E-state index in [1.165, 1.54) is 0 Å². The standard InChI is InChI=1S/C11H13N5O2S2/c1-6(7-4-14-15-5-7)16-11-10(20(2,17)18)9(13)8(3-12)19-11/h4-6,16H,13H2,1-2H3,(H,14,15). The molecular formula is C11H13N5O2S2. The monoisotopic (exact) mass is 311 g/mol. The van der Waals surface area contributed by atoms with E-state index in [4.69, 9.17) is 11.0 Å². The number of nitrogens with two attached hydrogens (primary N) is 1. The van der Waals surface area contributed by atoms with Gasteiger partial charge in [-0.05, 0) is 6.92 Å². The topological polar surface area (TPSA) is 125 Å². The minimum Gasteiger partial charge on any atom is -0.396 e. The summed E-state index contributed by atoms with van der Waals surface area (Å²) in [4.78, 5) is 0.168. The highest BCUT2D eigenvalue weighted by atomic mass is 32.2. The summed E-state index contributed by atoms with van der Waals surface area (Å²) in [7, 11) is -3.52. The van der Waals surface area contributed by atoms with Crippen LogP contribution in [0.1, 0.15) is 23.4 Å². The lowest BCUT2D eigenvalue weighted by Crippen LogP contribution is -2.09. The summed E-state index contributed by atoms with van der Waals surface area (Å²) in [5.41, 5.74) is 6.62. The summed E-state index contributed by atoms with van der Waals surface area (Å²) in [6.07, 6.45) is 4.42. The molecule has 2 aromatic rings. The molecule has 2 rings (SSSR count). The largest absolute Gasteiger partial charge is 0.396 e. The maximum atomic E-state index is 11.8. The molecule has 0 aliphatic rings. The molecule has 0 amide bonds. The number of nitriles is 1. The van der Waals surface area contributed by atoms with Crippen LogP contribution in [0.25, 0.3) is 0 Å². The molecule has 9 heteroatoms. The highest BCUT2D eigenvalue weighted by Gasteiger charge is 2.25. The predicted octanol–water partition coefficient (Wildman–Crippen LogP) is 1.50. The molecule has 4 N–H and O–H groups in total. The molecule has 0 bridgehead atoms. The number of rotatable bonds is 4. The van der Waals surface area contributed by atoms with E-state index in [0.717, 1.165) is 23.2 Å². The molecule has 0 spiro atoms. The van der Waals surface area contributed by atoms with Gasteiger partial charge in [-0.1, -0.05) is 0 Å². The van der Waals surface area contributed by atoms with Crippen LogP contribution in [0.3, 0.4) is 0 Å². The maximum Gasteiger partial charge on any atom is 0.180 e. The van der Waals surface area contributed by atoms with Crippen molar-refractivity contribution in [3.05, 3.63) is 22.8 Å². The summed E-state index contributed by atoms with van der Waals surface area (Å²) in [5, 5.41) is 18.9. The van der Waals surface area contributed by atoms with Gasteiger partial charge in [-0.2, -0.15) is 10.4 Å². The van der Waals surface area contributed by atoms with E-state index in [9.17, 15) is 8.42 Å². The van der Waals surface area contributed by atoms with Gasteiger partial charge in [0.05, 0.1) is 17.9 Å². The molecule has 7 nitrogen and oxygen atoms in total. The molecule has 1 atom stereocenters. The first kappa shape index (κ1) is 14.4. The molecule has 0 aromatic carbocycles. The second kappa shape index (κ2) is 5.15. The van der Waals surface area contributed by atoms with E-state index in [0.29, 0.717) is 5.00 Å². The van der Waals surface area contributed by atoms with Crippen LogP contribution in [-0.2, 0) is 9.84 Å². The Labute approximate surface area is 120 Å². The second-order valence-corrected chi connectivity index (χ2v) is 7.26. The van der Waals surface area contributed by atoms with Gasteiger partial charge in [-0.3, -0.25) is 5.10 Å². The number of nitrogen functional groups attached to an aromatic ring is 1. The summed E-state index contributed by atoms with van der Waals surface area (Å²) in [6.45, 7) is 1.86. The van der Waals surface area contributed by atoms with Crippen LogP contribution >= 0.6 is 11.3 Å². The van der Waals surface area contributed by atoms with Crippen LogP contribution < -0.4 is 11.1 Å². The van der Waals surface area contributed by atoms with Crippen LogP contribution in [0.2, 0.25) is 0 Å². The summed E-state index contributed by atoms with van der Waals surface area (Å²) in [5.74, 6) is 0. The molecule has 0 aliphatic carbocycles. The van der Waals surface area contributed by atoms with Crippen LogP contribution in [0.5, 0.6) is 0 Å². The number of thiophene rings is 1. The van der Waals surface area contributed by atoms with Gasteiger partial charge in [-0.25, -0.2) is 8.42 Å². The van der Waals surface area contributed by atoms with Crippen molar-refractivity contribution >= 4 is 31.9 Å². The van der Waals surface area contributed by atoms with Gasteiger partial charge < -0.3 is 11.1 Å². The first-order valence-electron chi connectivity index (χ1n) is 5.62. The third-order valence-electron chi connectivity index (χ3n) is 2.74. The summed E-state index contributed by atoms with van der Waals surface area (Å²) < 4.78 is 23.7. The van der Waals surface area contributed by atoms with Crippen molar-refractivity contribution in [3.63, 3.8) is 0 Å². The minimum atomic E-state index is -3.52. The Morgan fingerprint density at radius 1 is 1.60 bits per heavy atom. The smallest absolute Gasteiger partial charge is 0.180 e. The van der Waals surface area contributed by atoms with E-state index in [-0.39, 0.29) is 21.5 Å². The third kappa shape index (κ3) is 2.61. The number of anilines is 2. The number of H-pyrrole nitrogens is 1. The fraction of sp³-hybridized carbons (Fsp3) is 0.273. The molecule has 0 aliphatic heterocycles. The van der Waals surface area contributed by atoms with Gasteiger partial charge >= 0.3 is 0 Å². The Kier molecular flexibility index (Phi) is 3.69. The van der Waals surface area contributed by atoms with Crippen molar-refractivity contribution < 1.29 is 8.42 Å². The predicted molar refractivity (Wildman–Crippen MR) is 77.2 cm³/mol. The van der Waals surface area contributed by atoms with Crippen molar-refractivity contribution in [2.24, 2.45) is 0 Å². The first-order valence-corrected chi connectivity index (χ1v) is 8.33. The van der Waals surface area contributed by atoms with Crippen LogP contribution in [0.4, 0.5) is 10.7 Å². The highest BCUT2D eigenvalue weighted by Crippen LogP contribution is 2.40. The highest BCUT2D eigenvalue weighted by molar-refractivity contribution is 7.91. The number of sulfone groups is 1. The van der Waals surface area contributed by atoms with Gasteiger partial charge in [0.25, 0.3) is 0 Å². The number of nitrogens with zero attached hydrogens (tertiary/aromatic N) is 2. The zero-order valence-electron chi connectivity index (χ0n) is 10.8. The fourth-order valence-corrected chi connectivity index (χ4v) is 4.19. The van der Waals surface area contributed by atoms with Crippen molar-refractivity contribution in [1.82, 2.24) is 10.2 Å². The quantitative estimate of drug-likeness (QED) is 0.786. The van der Waals surface area contributed by atoms with Crippen molar-refractivity contribution in [2.75, 3.05) is 17.3 Å². The lowest BCUT2D eigenvalue weighted by atomic mass is 10.2. The van der Waals surface area contributed by atoms with Crippen LogP contribution in [0, 0.1) is 11.3 Å². The number of hydrogen-bond donors (Lipinski definition) is 3. The Morgan fingerprint density at radius 2 is 2.30 bits per heavy atom. The van der Waals surface area contributed by atoms with E-state index < -0.39 is 9.84 Å². The zero-order chi connectivity index (χ0) is 14.9. The molecule has 0 saturated carbocycles. The fourth-order valence-electron chi connectivity index (χ4n) is 1.75. The lowest BCUT2D eigenvalue weighted by molar-refractivity contribution is 0.602. The molecule has 1 unspecified atom stereocenters. The maximum absolute atomic E-state index is 11.8. The third-order valence-corrected chi connectivity index (χ3v) is 5.08. The molecule has 20 heavy (non-hydrogen) atoms. The van der Waals surface area contributed by atoms with Crippen molar-refractivity contribution in [3.8, 4) is 6.07 Å². The lowest BCUT2D eigenvalue weighted by Gasteiger charge is -2.13. The van der Waals surface area contributed by atoms with Crippen LogP contribution in [-0.4, -0.2) is 24.9 Å². The molecule has 106 valence electrons. The number of hydrogen-bond acceptors (Lipinski definition) is 7. The van der Waals surface area contributed by atoms with E-state index in [1.54, 1.807) is 12.4 Å². The van der Waals surface area contributed by atoms with Gasteiger partial charge in [-0.15, -0.1) is 11.3 Å². The Morgan fingerprint density at radius 3 is 2.80 bits per heavy atom. The van der Waals surface area contributed by atoms with Gasteiger partial charge in [0, 0.05) is 18.0 Å². The minimum absolute atomic E-state index is 0.00175. The van der Waals surface area contributed by atoms with E-state index in [2.05, 4.69) is 15.5 Å². The van der Waals surface area contributed by atoms with Gasteiger partial charge in [0.1, 0.15) is 20.8 Å². The second-order valence-electron chi connectivity index (χ2n) is 4.28. The van der Waals surface area contributed by atoms with Crippen molar-refractivity contribution in [2.45, 2.75) is 17.9 Å². The number of nitrogens with one attached hydrogen (secondary N) is 2. The molecule has 0 fully saturated rings. The molecule has 2 heterocycles. The number of aromatic nitrogens is 2. The van der Waals surface area contributed by atoms with Crippen LogP contribution in [0.15, 0.2) is 17.3 Å². The molecule has 0 radical (unpaired) electrons. The normalized spacial score (nSPS) is 12.8. The van der Waals surface area contributed by atoms with Gasteiger partial charge in [0.15, 0.2) is 9.84 Å². The first-order chi connectivity index (χ1) is 9.34. The SMILES string of the molecule is CC(Nc1sc(C#N)c(N)c1S(C)(=O)=O)c1cn[nH]c1. The van der Waals surface area contributed by atoms with Gasteiger partial charge in [0.2, 0.25) is 0 Å². The molecular weight excluding hydrogens is 298 g/mol. The van der Waals surface area contributed by atoms with E-state index >= 15 is 0 Å². The Hall–Kier alpha value is -2.05. The van der Waals surface area contributed by atoms with Crippen molar-refractivity contribution in [1.29, 1.82) is 5.26 Å². The average molecular weight is 311 g/mol. The van der Waals surface area contributed by atoms with E-state index in [1.807, 2.05) is 13.0 Å². The zero-order valence-corrected chi connectivity index (χ0v) is 12.5. The Balaban J connectivity index is 2.45. The average Bonchev–Trinajstić information content (AvgIpc) is 2.95.